The van der Waals surface area contributed by atoms with Crippen molar-refractivity contribution < 1.29 is 4.74 Å². The van der Waals surface area contributed by atoms with Crippen LogP contribution in [0.1, 0.15) is 36.8 Å². The van der Waals surface area contributed by atoms with Crippen molar-refractivity contribution in [3.05, 3.63) is 39.8 Å². The third kappa shape index (κ3) is 3.62. The van der Waals surface area contributed by atoms with Crippen LogP contribution < -0.4 is 4.74 Å². The number of benzene rings is 1. The van der Waals surface area contributed by atoms with Crippen molar-refractivity contribution in [1.29, 1.82) is 0 Å². The molecule has 0 bridgehead atoms. The molecule has 0 unspecified atom stereocenters. The van der Waals surface area contributed by atoms with Gasteiger partial charge in [-0.3, -0.25) is 4.90 Å². The van der Waals surface area contributed by atoms with Gasteiger partial charge in [-0.15, -0.1) is 0 Å². The molecule has 22 heavy (non-hydrogen) atoms. The highest BCUT2D eigenvalue weighted by Gasteiger charge is 2.20. The number of fused-ring (bicyclic) bond motifs is 1. The Bertz CT molecular complexity index is 599. The lowest BCUT2D eigenvalue weighted by Crippen LogP contribution is -2.32. The predicted octanol–water partition coefficient (Wildman–Crippen LogP) is 4.11. The van der Waals surface area contributed by atoms with Crippen LogP contribution in [0.25, 0.3) is 22.1 Å². The number of azide groups is 1. The molecule has 0 spiro atoms. The van der Waals surface area contributed by atoms with E-state index in [1.54, 1.807) is 0 Å². The average Bonchev–Trinajstić information content (AvgIpc) is 2.54. The summed E-state index contributed by atoms with van der Waals surface area (Å²) in [5.41, 5.74) is 12.3. The van der Waals surface area contributed by atoms with E-state index >= 15 is 0 Å². The van der Waals surface area contributed by atoms with Crippen LogP contribution in [0.3, 0.4) is 0 Å². The van der Waals surface area contributed by atoms with Crippen molar-refractivity contribution in [2.75, 3.05) is 32.8 Å². The van der Waals surface area contributed by atoms with E-state index in [4.69, 9.17) is 10.3 Å². The summed E-state index contributed by atoms with van der Waals surface area (Å²) < 4.78 is 5.74. The second kappa shape index (κ2) is 7.34. The van der Waals surface area contributed by atoms with Crippen molar-refractivity contribution in [2.24, 2.45) is 5.11 Å². The van der Waals surface area contributed by atoms with Crippen molar-refractivity contribution in [1.82, 2.24) is 4.90 Å². The van der Waals surface area contributed by atoms with E-state index in [2.05, 4.69) is 33.1 Å². The molecule has 0 amide bonds. The molecule has 5 nitrogen and oxygen atoms in total. The summed E-state index contributed by atoms with van der Waals surface area (Å²) in [5, 5.41) is 3.51. The maximum atomic E-state index is 8.23. The molecule has 1 fully saturated rings. The molecule has 1 aliphatic heterocycles. The molecule has 2 aliphatic rings. The van der Waals surface area contributed by atoms with Crippen LogP contribution in [0.15, 0.2) is 23.3 Å². The van der Waals surface area contributed by atoms with Crippen molar-refractivity contribution >= 4 is 11.6 Å². The largest absolute Gasteiger partial charge is 0.494 e. The minimum atomic E-state index is 0.488. The molecule has 1 aromatic rings. The second-order valence-corrected chi connectivity index (χ2v) is 5.91. The number of rotatable bonds is 7. The van der Waals surface area contributed by atoms with Crippen LogP contribution in [0, 0.1) is 0 Å². The zero-order valence-electron chi connectivity index (χ0n) is 12.9. The standard InChI is InChI=1S/C17H22N4O/c18-20-19-7-4-10-22-16-6-5-14-11-15(17(14)12-16)13-21-8-2-1-3-9-21/h5-6,11-12H,1-4,7-10,13H2. The first-order valence-electron chi connectivity index (χ1n) is 8.08. The molecular formula is C17H22N4O. The van der Waals surface area contributed by atoms with Gasteiger partial charge in [-0.2, -0.15) is 0 Å². The minimum Gasteiger partial charge on any atom is -0.494 e. The van der Waals surface area contributed by atoms with E-state index in [-0.39, 0.29) is 0 Å². The summed E-state index contributed by atoms with van der Waals surface area (Å²) in [4.78, 5) is 5.29. The number of nitrogens with zero attached hydrogens (tertiary/aromatic N) is 4. The molecule has 0 aromatic heterocycles. The summed E-state index contributed by atoms with van der Waals surface area (Å²) in [6.07, 6.45) is 7.07. The van der Waals surface area contributed by atoms with E-state index in [1.807, 2.05) is 6.07 Å². The van der Waals surface area contributed by atoms with Crippen LogP contribution in [-0.4, -0.2) is 37.7 Å². The molecule has 1 aromatic carbocycles. The van der Waals surface area contributed by atoms with Crippen LogP contribution >= 0.6 is 0 Å². The lowest BCUT2D eigenvalue weighted by Gasteiger charge is -2.30. The number of ether oxygens (including phenoxy) is 1. The maximum Gasteiger partial charge on any atom is 0.119 e. The summed E-state index contributed by atoms with van der Waals surface area (Å²) in [6.45, 7) is 4.59. The zero-order chi connectivity index (χ0) is 15.2. The first-order valence-corrected chi connectivity index (χ1v) is 8.08. The highest BCUT2D eigenvalue weighted by Crippen LogP contribution is 2.36. The normalized spacial score (nSPS) is 17.0. The molecule has 0 saturated carbocycles. The first kappa shape index (κ1) is 14.9. The zero-order valence-corrected chi connectivity index (χ0v) is 12.9. The average molecular weight is 298 g/mol. The molecule has 0 radical (unpaired) electrons. The van der Waals surface area contributed by atoms with Gasteiger partial charge in [-0.05, 0) is 72.8 Å². The summed E-state index contributed by atoms with van der Waals surface area (Å²) in [6, 6.07) is 6.28. The van der Waals surface area contributed by atoms with Crippen molar-refractivity contribution in [3.63, 3.8) is 0 Å². The Hall–Kier alpha value is -1.97. The van der Waals surface area contributed by atoms with Gasteiger partial charge < -0.3 is 4.74 Å². The van der Waals surface area contributed by atoms with E-state index < -0.39 is 0 Å². The Labute approximate surface area is 131 Å². The van der Waals surface area contributed by atoms with E-state index in [0.29, 0.717) is 13.2 Å². The lowest BCUT2D eigenvalue weighted by molar-refractivity contribution is 0.255. The molecule has 1 heterocycles. The highest BCUT2D eigenvalue weighted by molar-refractivity contribution is 5.96. The van der Waals surface area contributed by atoms with E-state index in [1.165, 1.54) is 49.1 Å². The summed E-state index contributed by atoms with van der Waals surface area (Å²) in [7, 11) is 0. The van der Waals surface area contributed by atoms with Gasteiger partial charge in [0, 0.05) is 18.0 Å². The molecule has 3 rings (SSSR count). The Morgan fingerprint density at radius 2 is 2.09 bits per heavy atom. The molecule has 0 atom stereocenters. The monoisotopic (exact) mass is 298 g/mol. The fourth-order valence-corrected chi connectivity index (χ4v) is 3.08. The van der Waals surface area contributed by atoms with Gasteiger partial charge in [0.2, 0.25) is 0 Å². The topological polar surface area (TPSA) is 61.2 Å². The smallest absolute Gasteiger partial charge is 0.119 e. The van der Waals surface area contributed by atoms with E-state index in [0.717, 1.165) is 18.7 Å². The fourth-order valence-electron chi connectivity index (χ4n) is 3.08. The predicted molar refractivity (Wildman–Crippen MR) is 88.7 cm³/mol. The summed E-state index contributed by atoms with van der Waals surface area (Å²) >= 11 is 0. The van der Waals surface area contributed by atoms with Crippen LogP contribution in [0.2, 0.25) is 0 Å². The SMILES string of the molecule is [N-]=[N+]=NCCCOc1ccc2c(c1)C(CN1CCCCC1)=C2. The third-order valence-corrected chi connectivity index (χ3v) is 4.28. The van der Waals surface area contributed by atoms with Crippen LogP contribution in [-0.2, 0) is 0 Å². The van der Waals surface area contributed by atoms with Crippen molar-refractivity contribution in [3.8, 4) is 5.75 Å². The van der Waals surface area contributed by atoms with Gasteiger partial charge in [-0.25, -0.2) is 0 Å². The van der Waals surface area contributed by atoms with Crippen LogP contribution in [0.5, 0.6) is 5.75 Å². The number of likely N-dealkylation sites (tertiary alicyclic amines) is 1. The first-order chi connectivity index (χ1) is 10.9. The lowest BCUT2D eigenvalue weighted by atomic mass is 9.87. The molecule has 116 valence electrons. The quantitative estimate of drug-likeness (QED) is 0.329. The van der Waals surface area contributed by atoms with Gasteiger partial charge in [0.1, 0.15) is 5.75 Å². The van der Waals surface area contributed by atoms with E-state index in [9.17, 15) is 0 Å². The molecule has 0 N–H and O–H groups in total. The third-order valence-electron chi connectivity index (χ3n) is 4.28. The van der Waals surface area contributed by atoms with Crippen molar-refractivity contribution in [2.45, 2.75) is 25.7 Å². The fraction of sp³-hybridized carbons (Fsp3) is 0.529. The number of hydrogen-bond acceptors (Lipinski definition) is 3. The number of hydrogen-bond donors (Lipinski definition) is 0. The minimum absolute atomic E-state index is 0.488. The Morgan fingerprint density at radius 1 is 1.23 bits per heavy atom. The summed E-state index contributed by atoms with van der Waals surface area (Å²) in [5.74, 6) is 0.906. The second-order valence-electron chi connectivity index (χ2n) is 5.91. The Kier molecular flexibility index (Phi) is 4.99. The number of piperidine rings is 1. The van der Waals surface area contributed by atoms with Gasteiger partial charge in [0.25, 0.3) is 0 Å². The molecule has 5 heteroatoms. The Balaban J connectivity index is 1.52. The molecular weight excluding hydrogens is 276 g/mol. The van der Waals surface area contributed by atoms with Gasteiger partial charge in [-0.1, -0.05) is 17.6 Å². The van der Waals surface area contributed by atoms with Gasteiger partial charge in [0.05, 0.1) is 6.61 Å². The Morgan fingerprint density at radius 3 is 2.91 bits per heavy atom. The van der Waals surface area contributed by atoms with Gasteiger partial charge >= 0.3 is 0 Å². The van der Waals surface area contributed by atoms with Crippen LogP contribution in [0.4, 0.5) is 0 Å². The molecule has 1 aliphatic carbocycles. The van der Waals surface area contributed by atoms with Gasteiger partial charge in [0.15, 0.2) is 0 Å². The highest BCUT2D eigenvalue weighted by atomic mass is 16.5. The molecule has 1 saturated heterocycles. The maximum absolute atomic E-state index is 8.23.